The molecule has 24 heavy (non-hydrogen) atoms. The molecule has 1 aliphatic heterocycles. The molecular weight excluding hydrogens is 306 g/mol. The van der Waals surface area contributed by atoms with Gasteiger partial charge in [0.15, 0.2) is 0 Å². The van der Waals surface area contributed by atoms with E-state index in [4.69, 9.17) is 4.74 Å². The zero-order chi connectivity index (χ0) is 16.5. The first-order valence-corrected chi connectivity index (χ1v) is 7.83. The molecule has 2 atom stereocenters. The van der Waals surface area contributed by atoms with Crippen LogP contribution in [0, 0.1) is 0 Å². The first-order valence-electron chi connectivity index (χ1n) is 7.83. The number of ether oxygens (including phenoxy) is 1. The van der Waals surface area contributed by atoms with E-state index in [0.717, 1.165) is 17.5 Å². The monoisotopic (exact) mass is 323 g/mol. The van der Waals surface area contributed by atoms with Gasteiger partial charge in [-0.05, 0) is 30.7 Å². The predicted octanol–water partition coefficient (Wildman–Crippen LogP) is 1.96. The number of rotatable bonds is 3. The zero-order valence-corrected chi connectivity index (χ0v) is 13.2. The maximum Gasteiger partial charge on any atom is 0.254 e. The number of H-pyrrole nitrogens is 1. The number of fused-ring (bicyclic) bond motifs is 1. The van der Waals surface area contributed by atoms with Crippen LogP contribution in [-0.2, 0) is 4.74 Å². The Labute approximate surface area is 138 Å². The van der Waals surface area contributed by atoms with Gasteiger partial charge >= 0.3 is 0 Å². The number of carbonyl (C=O) groups is 1. The van der Waals surface area contributed by atoms with Gasteiger partial charge in [0.05, 0.1) is 6.04 Å². The number of aromatic amines is 1. The van der Waals surface area contributed by atoms with Gasteiger partial charge in [0.25, 0.3) is 5.91 Å². The number of nitrogens with zero attached hydrogens (tertiary/aromatic N) is 4. The molecule has 0 bridgehead atoms. The second-order valence-corrected chi connectivity index (χ2v) is 5.88. The van der Waals surface area contributed by atoms with Crippen LogP contribution >= 0.6 is 0 Å². The van der Waals surface area contributed by atoms with E-state index in [2.05, 4.69) is 20.4 Å². The Balaban J connectivity index is 1.59. The molecule has 1 aliphatic rings. The summed E-state index contributed by atoms with van der Waals surface area (Å²) in [5.41, 5.74) is 3.01. The van der Waals surface area contributed by atoms with Crippen molar-refractivity contribution in [1.29, 1.82) is 0 Å². The average Bonchev–Trinajstić information content (AvgIpc) is 3.29. The predicted molar refractivity (Wildman–Crippen MR) is 87.3 cm³/mol. The summed E-state index contributed by atoms with van der Waals surface area (Å²) in [5, 5.41) is 10.6. The summed E-state index contributed by atoms with van der Waals surface area (Å²) < 4.78 is 5.86. The van der Waals surface area contributed by atoms with E-state index in [-0.39, 0.29) is 18.1 Å². The van der Waals surface area contributed by atoms with Crippen molar-refractivity contribution in [2.45, 2.75) is 18.6 Å². The Hall–Kier alpha value is -2.80. The van der Waals surface area contributed by atoms with Crippen LogP contribution in [-0.4, -0.2) is 50.9 Å². The minimum atomic E-state index is -0.150. The van der Waals surface area contributed by atoms with Crippen molar-refractivity contribution in [3.05, 3.63) is 53.9 Å². The quantitative estimate of drug-likeness (QED) is 0.796. The van der Waals surface area contributed by atoms with E-state index >= 15 is 0 Å². The number of carbonyl (C=O) groups excluding carboxylic acids is 1. The fourth-order valence-electron chi connectivity index (χ4n) is 3.17. The van der Waals surface area contributed by atoms with Crippen LogP contribution in [0.25, 0.3) is 11.0 Å². The SMILES string of the molecule is CN(C(=O)c1ccc2n[nH]nc2c1)[C@H]1CCO[C@@H]1c1cccnc1. The van der Waals surface area contributed by atoms with E-state index in [9.17, 15) is 4.79 Å². The first-order chi connectivity index (χ1) is 11.7. The van der Waals surface area contributed by atoms with Crippen LogP contribution in [0.3, 0.4) is 0 Å². The average molecular weight is 323 g/mol. The molecule has 7 nitrogen and oxygen atoms in total. The van der Waals surface area contributed by atoms with Crippen molar-refractivity contribution in [2.75, 3.05) is 13.7 Å². The van der Waals surface area contributed by atoms with Crippen molar-refractivity contribution in [3.63, 3.8) is 0 Å². The summed E-state index contributed by atoms with van der Waals surface area (Å²) in [6.07, 6.45) is 4.18. The number of hydrogen-bond donors (Lipinski definition) is 1. The van der Waals surface area contributed by atoms with Crippen LogP contribution in [0.4, 0.5) is 0 Å². The number of pyridine rings is 1. The van der Waals surface area contributed by atoms with Crippen molar-refractivity contribution in [2.24, 2.45) is 0 Å². The molecule has 2 aromatic heterocycles. The summed E-state index contributed by atoms with van der Waals surface area (Å²) in [7, 11) is 1.82. The lowest BCUT2D eigenvalue weighted by atomic mass is 10.0. The molecule has 0 aliphatic carbocycles. The van der Waals surface area contributed by atoms with Gasteiger partial charge < -0.3 is 9.64 Å². The Morgan fingerprint density at radius 2 is 2.17 bits per heavy atom. The van der Waals surface area contributed by atoms with E-state index < -0.39 is 0 Å². The number of nitrogens with one attached hydrogen (secondary N) is 1. The standard InChI is InChI=1S/C17H17N5O2/c1-22(15-6-8-24-16(15)12-3-2-7-18-10-12)17(23)11-4-5-13-14(9-11)20-21-19-13/h2-5,7,9-10,15-16H,6,8H2,1H3,(H,19,20,21)/t15-,16+/m0/s1. The topological polar surface area (TPSA) is 84.0 Å². The molecule has 1 amide bonds. The van der Waals surface area contributed by atoms with Crippen molar-refractivity contribution < 1.29 is 9.53 Å². The summed E-state index contributed by atoms with van der Waals surface area (Å²) in [6.45, 7) is 0.629. The highest BCUT2D eigenvalue weighted by Gasteiger charge is 2.35. The molecule has 1 saturated heterocycles. The first kappa shape index (κ1) is 14.8. The lowest BCUT2D eigenvalue weighted by molar-refractivity contribution is 0.0515. The van der Waals surface area contributed by atoms with Crippen LogP contribution in [0.15, 0.2) is 42.7 Å². The largest absolute Gasteiger partial charge is 0.371 e. The number of hydrogen-bond acceptors (Lipinski definition) is 5. The molecular formula is C17H17N5O2. The summed E-state index contributed by atoms with van der Waals surface area (Å²) in [5.74, 6) is -0.0516. The van der Waals surface area contributed by atoms with E-state index in [1.165, 1.54) is 0 Å². The molecule has 0 unspecified atom stereocenters. The van der Waals surface area contributed by atoms with Crippen LogP contribution in [0.1, 0.15) is 28.4 Å². The van der Waals surface area contributed by atoms with Gasteiger partial charge in [0, 0.05) is 37.2 Å². The van der Waals surface area contributed by atoms with Crippen molar-refractivity contribution in [3.8, 4) is 0 Å². The van der Waals surface area contributed by atoms with Crippen LogP contribution < -0.4 is 0 Å². The third-order valence-electron chi connectivity index (χ3n) is 4.45. The Morgan fingerprint density at radius 3 is 3.00 bits per heavy atom. The van der Waals surface area contributed by atoms with Crippen molar-refractivity contribution in [1.82, 2.24) is 25.3 Å². The fraction of sp³-hybridized carbons (Fsp3) is 0.294. The fourth-order valence-corrected chi connectivity index (χ4v) is 3.17. The Kier molecular flexibility index (Phi) is 3.70. The van der Waals surface area contributed by atoms with Crippen molar-refractivity contribution >= 4 is 16.9 Å². The molecule has 7 heteroatoms. The lowest BCUT2D eigenvalue weighted by Gasteiger charge is -2.28. The third kappa shape index (κ3) is 2.52. The van der Waals surface area contributed by atoms with Gasteiger partial charge in [0.2, 0.25) is 0 Å². The highest BCUT2D eigenvalue weighted by atomic mass is 16.5. The van der Waals surface area contributed by atoms with E-state index in [0.29, 0.717) is 17.7 Å². The highest BCUT2D eigenvalue weighted by Crippen LogP contribution is 2.32. The second kappa shape index (κ2) is 6.01. The molecule has 1 aromatic carbocycles. The molecule has 3 heterocycles. The zero-order valence-electron chi connectivity index (χ0n) is 13.2. The molecule has 4 rings (SSSR count). The highest BCUT2D eigenvalue weighted by molar-refractivity contribution is 5.97. The summed E-state index contributed by atoms with van der Waals surface area (Å²) in [4.78, 5) is 18.8. The second-order valence-electron chi connectivity index (χ2n) is 5.88. The molecule has 3 aromatic rings. The molecule has 0 spiro atoms. The molecule has 1 N–H and O–H groups in total. The van der Waals surface area contributed by atoms with Gasteiger partial charge in [-0.15, -0.1) is 0 Å². The van der Waals surface area contributed by atoms with Gasteiger partial charge in [-0.2, -0.15) is 15.4 Å². The minimum Gasteiger partial charge on any atom is -0.371 e. The van der Waals surface area contributed by atoms with Gasteiger partial charge in [-0.25, -0.2) is 0 Å². The van der Waals surface area contributed by atoms with Gasteiger partial charge in [-0.3, -0.25) is 9.78 Å². The molecule has 122 valence electrons. The minimum absolute atomic E-state index is 0.0188. The lowest BCUT2D eigenvalue weighted by Crippen LogP contribution is -2.38. The summed E-state index contributed by atoms with van der Waals surface area (Å²) in [6, 6.07) is 9.17. The third-order valence-corrected chi connectivity index (χ3v) is 4.45. The smallest absolute Gasteiger partial charge is 0.254 e. The van der Waals surface area contributed by atoms with Gasteiger partial charge in [-0.1, -0.05) is 6.07 Å². The number of aromatic nitrogens is 4. The number of amides is 1. The molecule has 0 saturated carbocycles. The van der Waals surface area contributed by atoms with E-state index in [1.54, 1.807) is 35.5 Å². The maximum atomic E-state index is 12.9. The number of benzene rings is 1. The number of likely N-dealkylation sites (N-methyl/N-ethyl adjacent to an activating group) is 1. The Bertz CT molecular complexity index is 864. The normalized spacial score (nSPS) is 20.4. The Morgan fingerprint density at radius 1 is 1.29 bits per heavy atom. The van der Waals surface area contributed by atoms with E-state index in [1.807, 2.05) is 19.2 Å². The molecule has 1 fully saturated rings. The van der Waals surface area contributed by atoms with Crippen LogP contribution in [0.2, 0.25) is 0 Å². The summed E-state index contributed by atoms with van der Waals surface area (Å²) >= 11 is 0. The van der Waals surface area contributed by atoms with Crippen LogP contribution in [0.5, 0.6) is 0 Å². The van der Waals surface area contributed by atoms with Gasteiger partial charge in [0.1, 0.15) is 17.1 Å². The molecule has 0 radical (unpaired) electrons. The maximum absolute atomic E-state index is 12.9.